The second-order valence-electron chi connectivity index (χ2n) is 4.32. The van der Waals surface area contributed by atoms with Gasteiger partial charge in [0.1, 0.15) is 11.0 Å². The third-order valence-corrected chi connectivity index (χ3v) is 2.90. The molecule has 1 aromatic heterocycles. The van der Waals surface area contributed by atoms with Crippen molar-refractivity contribution in [2.45, 2.75) is 6.42 Å². The maximum Gasteiger partial charge on any atom is 0.271 e. The summed E-state index contributed by atoms with van der Waals surface area (Å²) >= 11 is 0. The van der Waals surface area contributed by atoms with Crippen LogP contribution >= 0.6 is 0 Å². The summed E-state index contributed by atoms with van der Waals surface area (Å²) in [5, 5.41) is 26.6. The molecule has 106 valence electrons. The van der Waals surface area contributed by atoms with E-state index in [0.29, 0.717) is 24.1 Å². The molecule has 0 spiro atoms. The molecule has 1 heterocycles. The van der Waals surface area contributed by atoms with Crippen LogP contribution < -0.4 is 5.73 Å². The van der Waals surface area contributed by atoms with Gasteiger partial charge in [0.15, 0.2) is 0 Å². The first-order chi connectivity index (χ1) is 9.54. The lowest BCUT2D eigenvalue weighted by atomic mass is 10.3. The lowest BCUT2D eigenvalue weighted by Gasteiger charge is -2.18. The average Bonchev–Trinajstić information content (AvgIpc) is 2.86. The summed E-state index contributed by atoms with van der Waals surface area (Å²) in [6, 6.07) is 4.24. The van der Waals surface area contributed by atoms with Gasteiger partial charge in [0, 0.05) is 25.7 Å². The molecule has 0 fully saturated rings. The van der Waals surface area contributed by atoms with E-state index in [2.05, 4.69) is 10.3 Å². The van der Waals surface area contributed by atoms with Gasteiger partial charge in [-0.3, -0.25) is 15.5 Å². The Bertz CT molecular complexity index is 651. The molecule has 0 amide bonds. The fourth-order valence-electron chi connectivity index (χ4n) is 1.77. The molecule has 0 radical (unpaired) electrons. The normalized spacial score (nSPS) is 10.7. The molecule has 9 heteroatoms. The monoisotopic (exact) mass is 277 g/mol. The molecule has 2 rings (SSSR count). The Hall–Kier alpha value is -2.55. The van der Waals surface area contributed by atoms with Crippen molar-refractivity contribution in [2.24, 2.45) is 5.73 Å². The molecule has 0 unspecified atom stereocenters. The van der Waals surface area contributed by atoms with Gasteiger partial charge in [0.05, 0.1) is 4.92 Å². The molecule has 0 atom stereocenters. The van der Waals surface area contributed by atoms with Crippen LogP contribution in [0.3, 0.4) is 0 Å². The number of nitrogens with zero attached hydrogens (tertiary/aromatic N) is 5. The van der Waals surface area contributed by atoms with Gasteiger partial charge in [-0.15, -0.1) is 5.10 Å². The number of aromatic nitrogens is 3. The number of nitrogens with two attached hydrogens (primary N) is 1. The highest BCUT2D eigenvalue weighted by Gasteiger charge is 2.15. The molecule has 3 N–H and O–H groups in total. The minimum atomic E-state index is -0.488. The van der Waals surface area contributed by atoms with E-state index in [9.17, 15) is 10.1 Å². The minimum Gasteiger partial charge on any atom is -0.344 e. The number of fused-ring (bicyclic) bond motifs is 1. The SMILES string of the molecule is CN(CCCN)C(=N)n1nnc2ccc([N+](=O)[O-])cc21. The summed E-state index contributed by atoms with van der Waals surface area (Å²) in [6.45, 7) is 1.13. The number of hydrogen-bond donors (Lipinski definition) is 2. The minimum absolute atomic E-state index is 0.0570. The Morgan fingerprint density at radius 3 is 3.00 bits per heavy atom. The summed E-state index contributed by atoms with van der Waals surface area (Å²) in [5.41, 5.74) is 6.32. The summed E-state index contributed by atoms with van der Waals surface area (Å²) in [4.78, 5) is 12.0. The largest absolute Gasteiger partial charge is 0.344 e. The first kappa shape index (κ1) is 13.9. The van der Waals surface area contributed by atoms with Gasteiger partial charge in [-0.1, -0.05) is 5.21 Å². The maximum atomic E-state index is 10.8. The van der Waals surface area contributed by atoms with Crippen LogP contribution in [0.15, 0.2) is 18.2 Å². The second kappa shape index (κ2) is 5.61. The highest BCUT2D eigenvalue weighted by atomic mass is 16.6. The Labute approximate surface area is 114 Å². The van der Waals surface area contributed by atoms with Gasteiger partial charge in [-0.25, -0.2) is 0 Å². The Kier molecular flexibility index (Phi) is 3.89. The molecule has 20 heavy (non-hydrogen) atoms. The quantitative estimate of drug-likeness (QED) is 0.360. The lowest BCUT2D eigenvalue weighted by molar-refractivity contribution is -0.384. The summed E-state index contributed by atoms with van der Waals surface area (Å²) < 4.78 is 1.28. The number of hydrogen-bond acceptors (Lipinski definition) is 6. The van der Waals surface area contributed by atoms with Gasteiger partial charge >= 0.3 is 0 Å². The number of benzene rings is 1. The topological polar surface area (TPSA) is 127 Å². The fourth-order valence-corrected chi connectivity index (χ4v) is 1.77. The van der Waals surface area contributed by atoms with Crippen LogP contribution in [0, 0.1) is 15.5 Å². The molecular formula is C11H15N7O2. The zero-order valence-corrected chi connectivity index (χ0v) is 11.0. The molecule has 0 saturated carbocycles. The summed E-state index contributed by atoms with van der Waals surface area (Å²) in [5.74, 6) is 0.0986. The molecule has 0 aliphatic rings. The third kappa shape index (κ3) is 2.57. The molecule has 0 saturated heterocycles. The lowest BCUT2D eigenvalue weighted by Crippen LogP contribution is -2.34. The van der Waals surface area contributed by atoms with Crippen LogP contribution in [0.1, 0.15) is 6.42 Å². The van der Waals surface area contributed by atoms with E-state index in [1.54, 1.807) is 11.9 Å². The van der Waals surface area contributed by atoms with Gasteiger partial charge in [0.25, 0.3) is 5.69 Å². The molecule has 0 aliphatic carbocycles. The van der Waals surface area contributed by atoms with Gasteiger partial charge in [-0.2, -0.15) is 4.68 Å². The summed E-state index contributed by atoms with van der Waals surface area (Å²) in [7, 11) is 1.74. The van der Waals surface area contributed by atoms with Gasteiger partial charge < -0.3 is 10.6 Å². The molecule has 1 aromatic carbocycles. The Balaban J connectivity index is 2.36. The first-order valence-corrected chi connectivity index (χ1v) is 6.04. The van der Waals surface area contributed by atoms with Crippen molar-refractivity contribution in [1.29, 1.82) is 5.41 Å². The number of rotatable bonds is 4. The van der Waals surface area contributed by atoms with Crippen molar-refractivity contribution in [1.82, 2.24) is 19.9 Å². The van der Waals surface area contributed by atoms with Gasteiger partial charge in [0.2, 0.25) is 5.96 Å². The highest BCUT2D eigenvalue weighted by Crippen LogP contribution is 2.19. The predicted octanol–water partition coefficient (Wildman–Crippen LogP) is 0.403. The average molecular weight is 277 g/mol. The van der Waals surface area contributed by atoms with Crippen molar-refractivity contribution in [2.75, 3.05) is 20.1 Å². The van der Waals surface area contributed by atoms with E-state index in [1.807, 2.05) is 0 Å². The Morgan fingerprint density at radius 1 is 1.60 bits per heavy atom. The summed E-state index contributed by atoms with van der Waals surface area (Å²) in [6.07, 6.45) is 0.742. The molecule has 9 nitrogen and oxygen atoms in total. The van der Waals surface area contributed by atoms with Crippen LogP contribution in [-0.4, -0.2) is 50.9 Å². The molecule has 2 aromatic rings. The highest BCUT2D eigenvalue weighted by molar-refractivity contribution is 5.89. The fraction of sp³-hybridized carbons (Fsp3) is 0.364. The predicted molar refractivity (Wildman–Crippen MR) is 73.6 cm³/mol. The van der Waals surface area contributed by atoms with Crippen molar-refractivity contribution < 1.29 is 4.92 Å². The number of nitrogens with one attached hydrogen (secondary N) is 1. The van der Waals surface area contributed by atoms with Crippen molar-refractivity contribution in [3.05, 3.63) is 28.3 Å². The second-order valence-corrected chi connectivity index (χ2v) is 4.32. The van der Waals surface area contributed by atoms with Gasteiger partial charge in [-0.05, 0) is 19.0 Å². The van der Waals surface area contributed by atoms with E-state index in [0.717, 1.165) is 6.42 Å². The number of nitro groups is 1. The molecule has 0 bridgehead atoms. The van der Waals surface area contributed by atoms with Crippen molar-refractivity contribution >= 4 is 22.7 Å². The van der Waals surface area contributed by atoms with Crippen molar-refractivity contribution in [3.63, 3.8) is 0 Å². The maximum absolute atomic E-state index is 10.8. The van der Waals surface area contributed by atoms with E-state index in [4.69, 9.17) is 11.1 Å². The van der Waals surface area contributed by atoms with Crippen LogP contribution in [0.25, 0.3) is 11.0 Å². The van der Waals surface area contributed by atoms with E-state index < -0.39 is 4.92 Å². The zero-order chi connectivity index (χ0) is 14.7. The van der Waals surface area contributed by atoms with E-state index >= 15 is 0 Å². The Morgan fingerprint density at radius 2 is 2.35 bits per heavy atom. The van der Waals surface area contributed by atoms with E-state index in [-0.39, 0.29) is 11.6 Å². The molecular weight excluding hydrogens is 262 g/mol. The molecule has 0 aliphatic heterocycles. The first-order valence-electron chi connectivity index (χ1n) is 6.04. The standard InChI is InChI=1S/C11H15N7O2/c1-16(6-2-5-12)11(13)17-10-7-8(18(19)20)3-4-9(10)14-15-17/h3-4,7,13H,2,5-6,12H2,1H3. The van der Waals surface area contributed by atoms with Crippen LogP contribution in [0.5, 0.6) is 0 Å². The van der Waals surface area contributed by atoms with E-state index in [1.165, 1.54) is 22.9 Å². The third-order valence-electron chi connectivity index (χ3n) is 2.90. The number of non-ortho nitro benzene ring substituents is 1. The van der Waals surface area contributed by atoms with Crippen LogP contribution in [-0.2, 0) is 0 Å². The number of nitro benzene ring substituents is 1. The van der Waals surface area contributed by atoms with Crippen molar-refractivity contribution in [3.8, 4) is 0 Å². The zero-order valence-electron chi connectivity index (χ0n) is 11.0. The van der Waals surface area contributed by atoms with Crippen LogP contribution in [0.2, 0.25) is 0 Å². The smallest absolute Gasteiger partial charge is 0.271 e. The van der Waals surface area contributed by atoms with Crippen LogP contribution in [0.4, 0.5) is 5.69 Å².